The van der Waals surface area contributed by atoms with Gasteiger partial charge in [0.05, 0.1) is 22.5 Å². The normalized spacial score (nSPS) is 12.4. The average molecular weight is 456 g/mol. The molecule has 0 unspecified atom stereocenters. The summed E-state index contributed by atoms with van der Waals surface area (Å²) < 4.78 is 65.7. The van der Waals surface area contributed by atoms with Gasteiger partial charge in [-0.3, -0.25) is 4.79 Å². The number of alkyl halides is 3. The van der Waals surface area contributed by atoms with E-state index in [1.54, 1.807) is 6.92 Å². The number of carbonyl (C=O) groups excluding carboxylic acids is 1. The van der Waals surface area contributed by atoms with Crippen LogP contribution in [0.25, 0.3) is 22.7 Å². The lowest BCUT2D eigenvalue weighted by molar-refractivity contribution is -0.141. The third-order valence-corrected chi connectivity index (χ3v) is 6.48. The first-order valence-electron chi connectivity index (χ1n) is 9.17. The van der Waals surface area contributed by atoms with Crippen molar-refractivity contribution in [3.05, 3.63) is 24.0 Å². The van der Waals surface area contributed by atoms with Crippen LogP contribution in [-0.2, 0) is 27.9 Å². The second-order valence-corrected chi connectivity index (χ2v) is 8.93. The number of anilines is 1. The predicted octanol–water partition coefficient (Wildman–Crippen LogP) is 2.61. The summed E-state index contributed by atoms with van der Waals surface area (Å²) in [6.45, 7) is 3.11. The summed E-state index contributed by atoms with van der Waals surface area (Å²) in [4.78, 5) is 21.4. The summed E-state index contributed by atoms with van der Waals surface area (Å²) in [7, 11) is -0.857. The minimum absolute atomic E-state index is 0.00618. The molecule has 0 aliphatic heterocycles. The van der Waals surface area contributed by atoms with Crippen LogP contribution in [0.1, 0.15) is 26.0 Å². The van der Waals surface area contributed by atoms with E-state index >= 15 is 0 Å². The number of imidazole rings is 1. The number of amides is 1. The Labute approximate surface area is 175 Å². The van der Waals surface area contributed by atoms with Crippen molar-refractivity contribution in [1.29, 1.82) is 0 Å². The Hall–Kier alpha value is -3.09. The zero-order valence-electron chi connectivity index (χ0n) is 17.1. The Morgan fingerprint density at radius 3 is 2.45 bits per heavy atom. The highest BCUT2D eigenvalue weighted by atomic mass is 32.2. The SMILES string of the molecule is CCC(=O)N(C)c1cnc(-c2nc3cc(C(F)(F)F)nnc3n2C)c(S(=O)(=O)CC)c1. The van der Waals surface area contributed by atoms with E-state index in [4.69, 9.17) is 0 Å². The smallest absolute Gasteiger partial charge is 0.314 e. The molecular formula is C18H19F3N6O3S. The molecular weight excluding hydrogens is 437 g/mol. The first-order valence-corrected chi connectivity index (χ1v) is 10.8. The Balaban J connectivity index is 2.25. The van der Waals surface area contributed by atoms with Gasteiger partial charge in [0.2, 0.25) is 5.91 Å². The number of carbonyl (C=O) groups is 1. The highest BCUT2D eigenvalue weighted by Crippen LogP contribution is 2.32. The number of aryl methyl sites for hydroxylation is 1. The first kappa shape index (κ1) is 22.6. The lowest BCUT2D eigenvalue weighted by atomic mass is 10.3. The molecule has 3 aromatic heterocycles. The van der Waals surface area contributed by atoms with Gasteiger partial charge in [-0.25, -0.2) is 18.4 Å². The fraction of sp³-hybridized carbons (Fsp3) is 0.389. The lowest BCUT2D eigenvalue weighted by Crippen LogP contribution is -2.25. The summed E-state index contributed by atoms with van der Waals surface area (Å²) in [6.07, 6.45) is -3.19. The van der Waals surface area contributed by atoms with Crippen LogP contribution in [-0.4, -0.2) is 51.9 Å². The Kier molecular flexibility index (Phi) is 5.74. The van der Waals surface area contributed by atoms with Crippen molar-refractivity contribution < 1.29 is 26.4 Å². The summed E-state index contributed by atoms with van der Waals surface area (Å²) >= 11 is 0. The van der Waals surface area contributed by atoms with E-state index in [2.05, 4.69) is 20.2 Å². The van der Waals surface area contributed by atoms with Gasteiger partial charge in [0.1, 0.15) is 11.2 Å². The van der Waals surface area contributed by atoms with Gasteiger partial charge in [0, 0.05) is 26.6 Å². The average Bonchev–Trinajstić information content (AvgIpc) is 3.07. The maximum atomic E-state index is 13.0. The lowest BCUT2D eigenvalue weighted by Gasteiger charge is -2.18. The van der Waals surface area contributed by atoms with Gasteiger partial charge in [0.15, 0.2) is 27.0 Å². The Morgan fingerprint density at radius 1 is 1.19 bits per heavy atom. The molecule has 0 bridgehead atoms. The van der Waals surface area contributed by atoms with E-state index in [9.17, 15) is 26.4 Å². The maximum absolute atomic E-state index is 13.0. The minimum Gasteiger partial charge on any atom is -0.314 e. The molecule has 0 spiro atoms. The van der Waals surface area contributed by atoms with Gasteiger partial charge in [-0.2, -0.15) is 13.2 Å². The molecule has 0 fully saturated rings. The van der Waals surface area contributed by atoms with E-state index in [-0.39, 0.29) is 51.3 Å². The molecule has 3 rings (SSSR count). The summed E-state index contributed by atoms with van der Waals surface area (Å²) in [6, 6.07) is 2.04. The van der Waals surface area contributed by atoms with Crippen LogP contribution in [0.4, 0.5) is 18.9 Å². The molecule has 0 atom stereocenters. The van der Waals surface area contributed by atoms with Crippen molar-refractivity contribution >= 4 is 32.6 Å². The number of sulfone groups is 1. The van der Waals surface area contributed by atoms with Crippen molar-refractivity contribution in [1.82, 2.24) is 24.7 Å². The van der Waals surface area contributed by atoms with Crippen LogP contribution in [0.2, 0.25) is 0 Å². The number of pyridine rings is 1. The highest BCUT2D eigenvalue weighted by molar-refractivity contribution is 7.91. The first-order chi connectivity index (χ1) is 14.4. The van der Waals surface area contributed by atoms with E-state index in [0.29, 0.717) is 0 Å². The van der Waals surface area contributed by atoms with Crippen molar-refractivity contribution in [3.63, 3.8) is 0 Å². The second kappa shape index (κ2) is 7.87. The molecule has 13 heteroatoms. The van der Waals surface area contributed by atoms with E-state index in [1.807, 2.05) is 0 Å². The Bertz CT molecular complexity index is 1270. The van der Waals surface area contributed by atoms with Crippen molar-refractivity contribution in [3.8, 4) is 11.5 Å². The molecule has 0 aliphatic carbocycles. The maximum Gasteiger partial charge on any atom is 0.435 e. The van der Waals surface area contributed by atoms with E-state index < -0.39 is 21.7 Å². The zero-order chi connectivity index (χ0) is 23.1. The van der Waals surface area contributed by atoms with Crippen LogP contribution in [0.5, 0.6) is 0 Å². The number of hydrogen-bond acceptors (Lipinski definition) is 7. The number of rotatable bonds is 5. The molecule has 3 aromatic rings. The highest BCUT2D eigenvalue weighted by Gasteiger charge is 2.34. The summed E-state index contributed by atoms with van der Waals surface area (Å²) in [5.74, 6) is -0.489. The topological polar surface area (TPSA) is 111 Å². The van der Waals surface area contributed by atoms with Crippen LogP contribution in [0.15, 0.2) is 23.2 Å². The molecule has 9 nitrogen and oxygen atoms in total. The largest absolute Gasteiger partial charge is 0.435 e. The molecule has 31 heavy (non-hydrogen) atoms. The van der Waals surface area contributed by atoms with E-state index in [0.717, 1.165) is 6.07 Å². The number of fused-ring (bicyclic) bond motifs is 1. The summed E-state index contributed by atoms with van der Waals surface area (Å²) in [5, 5.41) is 6.77. The third-order valence-electron chi connectivity index (χ3n) is 4.74. The number of nitrogens with zero attached hydrogens (tertiary/aromatic N) is 6. The van der Waals surface area contributed by atoms with Gasteiger partial charge in [-0.15, -0.1) is 10.2 Å². The van der Waals surface area contributed by atoms with Gasteiger partial charge < -0.3 is 9.47 Å². The van der Waals surface area contributed by atoms with Crippen molar-refractivity contribution in [2.24, 2.45) is 7.05 Å². The molecule has 1 amide bonds. The fourth-order valence-electron chi connectivity index (χ4n) is 2.90. The Morgan fingerprint density at radius 2 is 1.87 bits per heavy atom. The molecule has 0 aliphatic rings. The van der Waals surface area contributed by atoms with Crippen LogP contribution >= 0.6 is 0 Å². The number of halogens is 3. The third kappa shape index (κ3) is 4.09. The van der Waals surface area contributed by atoms with Crippen molar-refractivity contribution in [2.45, 2.75) is 31.3 Å². The second-order valence-electron chi connectivity index (χ2n) is 6.68. The molecule has 0 saturated carbocycles. The molecule has 0 radical (unpaired) electrons. The van der Waals surface area contributed by atoms with Gasteiger partial charge >= 0.3 is 6.18 Å². The van der Waals surface area contributed by atoms with Gasteiger partial charge in [0.25, 0.3) is 0 Å². The summed E-state index contributed by atoms with van der Waals surface area (Å²) in [5.41, 5.74) is -1.08. The molecule has 0 aromatic carbocycles. The zero-order valence-corrected chi connectivity index (χ0v) is 17.9. The van der Waals surface area contributed by atoms with Gasteiger partial charge in [-0.05, 0) is 6.07 Å². The number of aromatic nitrogens is 5. The fourth-order valence-corrected chi connectivity index (χ4v) is 3.95. The molecule has 0 saturated heterocycles. The quantitative estimate of drug-likeness (QED) is 0.580. The molecule has 0 N–H and O–H groups in total. The van der Waals surface area contributed by atoms with Crippen LogP contribution in [0, 0.1) is 0 Å². The molecule has 166 valence electrons. The minimum atomic E-state index is -4.70. The van der Waals surface area contributed by atoms with Gasteiger partial charge in [-0.1, -0.05) is 13.8 Å². The molecule has 3 heterocycles. The van der Waals surface area contributed by atoms with E-state index in [1.165, 1.54) is 42.7 Å². The predicted molar refractivity (Wildman–Crippen MR) is 106 cm³/mol. The monoisotopic (exact) mass is 456 g/mol. The van der Waals surface area contributed by atoms with Crippen molar-refractivity contribution in [2.75, 3.05) is 17.7 Å². The number of hydrogen-bond donors (Lipinski definition) is 0. The van der Waals surface area contributed by atoms with Crippen LogP contribution in [0.3, 0.4) is 0 Å². The standard InChI is InChI=1S/C18H19F3N6O3S/c1-5-14(28)26(3)10-7-12(31(29,30)6-2)15(22-9-10)17-23-11-8-13(18(19,20)21)24-25-16(11)27(17)4/h7-9H,5-6H2,1-4H3. The van der Waals surface area contributed by atoms with Crippen LogP contribution < -0.4 is 4.90 Å².